The number of benzene rings is 1. The van der Waals surface area contributed by atoms with Crippen molar-refractivity contribution in [1.82, 2.24) is 5.32 Å². The Labute approximate surface area is 129 Å². The lowest BCUT2D eigenvalue weighted by molar-refractivity contribution is -0.0888. The Hall–Kier alpha value is -1.06. The molecule has 3 nitrogen and oxygen atoms in total. The maximum atomic E-state index is 6.28. The number of ether oxygens (including phenoxy) is 2. The summed E-state index contributed by atoms with van der Waals surface area (Å²) in [4.78, 5) is 0. The maximum Gasteiger partial charge on any atom is 0.128 e. The summed E-state index contributed by atoms with van der Waals surface area (Å²) in [7, 11) is 1.77. The highest BCUT2D eigenvalue weighted by atomic mass is 16.5. The highest BCUT2D eigenvalue weighted by Crippen LogP contribution is 2.36. The van der Waals surface area contributed by atoms with Gasteiger partial charge < -0.3 is 14.8 Å². The molecule has 0 bridgehead atoms. The minimum absolute atomic E-state index is 0.0781. The van der Waals surface area contributed by atoms with Crippen molar-refractivity contribution in [2.75, 3.05) is 13.7 Å². The molecule has 0 spiro atoms. The third-order valence-corrected chi connectivity index (χ3v) is 4.21. The Bertz CT molecular complexity index is 479. The molecule has 1 aliphatic rings. The summed E-state index contributed by atoms with van der Waals surface area (Å²) in [5.41, 5.74) is 2.62. The second-order valence-electron chi connectivity index (χ2n) is 7.01. The van der Waals surface area contributed by atoms with E-state index in [1.54, 1.807) is 7.11 Å². The van der Waals surface area contributed by atoms with Crippen molar-refractivity contribution in [2.45, 2.75) is 64.7 Å². The molecule has 3 atom stereocenters. The van der Waals surface area contributed by atoms with E-state index in [1.807, 2.05) is 0 Å². The van der Waals surface area contributed by atoms with Crippen LogP contribution in [-0.4, -0.2) is 31.9 Å². The third-order valence-electron chi connectivity index (χ3n) is 4.21. The molecule has 0 aromatic heterocycles. The lowest BCUT2D eigenvalue weighted by Crippen LogP contribution is -2.61. The van der Waals surface area contributed by atoms with Gasteiger partial charge in [0.25, 0.3) is 0 Å². The molecule has 0 amide bonds. The van der Waals surface area contributed by atoms with Crippen LogP contribution in [-0.2, 0) is 10.2 Å². The number of aryl methyl sites for hydroxylation is 1. The molecule has 118 valence electrons. The quantitative estimate of drug-likeness (QED) is 0.901. The van der Waals surface area contributed by atoms with Crippen LogP contribution in [0.5, 0.6) is 5.75 Å². The van der Waals surface area contributed by atoms with Crippen molar-refractivity contribution in [2.24, 2.45) is 0 Å². The van der Waals surface area contributed by atoms with E-state index in [1.165, 1.54) is 11.1 Å². The molecule has 0 aliphatic heterocycles. The lowest BCUT2D eigenvalue weighted by atomic mass is 9.83. The van der Waals surface area contributed by atoms with Crippen molar-refractivity contribution in [3.05, 3.63) is 29.3 Å². The molecular formula is C18H29NO2. The van der Waals surface area contributed by atoms with E-state index in [4.69, 9.17) is 9.47 Å². The number of methoxy groups -OCH3 is 1. The Morgan fingerprint density at radius 2 is 2.00 bits per heavy atom. The van der Waals surface area contributed by atoms with Crippen LogP contribution in [0.1, 0.15) is 45.2 Å². The minimum atomic E-state index is 0.0781. The van der Waals surface area contributed by atoms with Gasteiger partial charge in [-0.2, -0.15) is 0 Å². The molecule has 1 aromatic carbocycles. The molecule has 21 heavy (non-hydrogen) atoms. The number of nitrogens with one attached hydrogen (secondary N) is 1. The first-order valence-corrected chi connectivity index (χ1v) is 7.90. The average Bonchev–Trinajstić information content (AvgIpc) is 2.38. The Morgan fingerprint density at radius 1 is 1.29 bits per heavy atom. The standard InChI is InChI=1S/C18H29NO2/c1-7-19-14-11-16(17(14)20-6)21-15-9-8-12(2)10-13(15)18(3,4)5/h8-10,14,16-17,19H,7,11H2,1-6H3. The van der Waals surface area contributed by atoms with Gasteiger partial charge in [0, 0.05) is 19.6 Å². The molecule has 0 radical (unpaired) electrons. The molecule has 1 fully saturated rings. The van der Waals surface area contributed by atoms with Crippen LogP contribution in [0.15, 0.2) is 18.2 Å². The van der Waals surface area contributed by atoms with E-state index in [2.05, 4.69) is 58.1 Å². The first kappa shape index (κ1) is 16.3. The van der Waals surface area contributed by atoms with E-state index in [0.29, 0.717) is 6.04 Å². The van der Waals surface area contributed by atoms with E-state index < -0.39 is 0 Å². The monoisotopic (exact) mass is 291 g/mol. The van der Waals surface area contributed by atoms with E-state index in [0.717, 1.165) is 18.7 Å². The molecule has 3 unspecified atom stereocenters. The molecular weight excluding hydrogens is 262 g/mol. The maximum absolute atomic E-state index is 6.28. The second-order valence-corrected chi connectivity index (χ2v) is 7.01. The Balaban J connectivity index is 2.14. The number of rotatable bonds is 5. The SMILES string of the molecule is CCNC1CC(Oc2ccc(C)cc2C(C)(C)C)C1OC. The molecule has 0 heterocycles. The topological polar surface area (TPSA) is 30.5 Å². The van der Waals surface area contributed by atoms with Crippen LogP contribution in [0.3, 0.4) is 0 Å². The van der Waals surface area contributed by atoms with E-state index in [-0.39, 0.29) is 17.6 Å². The van der Waals surface area contributed by atoms with Gasteiger partial charge in [-0.15, -0.1) is 0 Å². The summed E-state index contributed by atoms with van der Waals surface area (Å²) in [5.74, 6) is 0.995. The Kier molecular flexibility index (Phi) is 4.95. The molecule has 0 saturated heterocycles. The fraction of sp³-hybridized carbons (Fsp3) is 0.667. The van der Waals surface area contributed by atoms with E-state index >= 15 is 0 Å². The lowest BCUT2D eigenvalue weighted by Gasteiger charge is -2.44. The minimum Gasteiger partial charge on any atom is -0.487 e. The largest absolute Gasteiger partial charge is 0.487 e. The van der Waals surface area contributed by atoms with Gasteiger partial charge in [-0.3, -0.25) is 0 Å². The van der Waals surface area contributed by atoms with Gasteiger partial charge >= 0.3 is 0 Å². The number of likely N-dealkylation sites (N-methyl/N-ethyl adjacent to an activating group) is 1. The van der Waals surface area contributed by atoms with Gasteiger partial charge in [0.05, 0.1) is 0 Å². The van der Waals surface area contributed by atoms with Crippen LogP contribution >= 0.6 is 0 Å². The van der Waals surface area contributed by atoms with Gasteiger partial charge in [-0.1, -0.05) is 45.4 Å². The molecule has 1 N–H and O–H groups in total. The summed E-state index contributed by atoms with van der Waals surface area (Å²) in [6.07, 6.45) is 1.28. The first-order chi connectivity index (χ1) is 9.86. The van der Waals surface area contributed by atoms with Crippen LogP contribution in [0.25, 0.3) is 0 Å². The van der Waals surface area contributed by atoms with Crippen LogP contribution in [0.4, 0.5) is 0 Å². The van der Waals surface area contributed by atoms with Crippen LogP contribution in [0.2, 0.25) is 0 Å². The smallest absolute Gasteiger partial charge is 0.128 e. The van der Waals surface area contributed by atoms with Crippen molar-refractivity contribution in [3.63, 3.8) is 0 Å². The summed E-state index contributed by atoms with van der Waals surface area (Å²) >= 11 is 0. The zero-order valence-corrected chi connectivity index (χ0v) is 14.2. The predicted octanol–water partition coefficient (Wildman–Crippen LogP) is 3.44. The van der Waals surface area contributed by atoms with Crippen molar-refractivity contribution < 1.29 is 9.47 Å². The number of hydrogen-bond acceptors (Lipinski definition) is 3. The fourth-order valence-corrected chi connectivity index (χ4v) is 2.97. The van der Waals surface area contributed by atoms with Gasteiger partial charge in [-0.25, -0.2) is 0 Å². The molecule has 2 rings (SSSR count). The molecule has 1 aromatic rings. The summed E-state index contributed by atoms with van der Waals surface area (Å²) in [5, 5.41) is 3.45. The van der Waals surface area contributed by atoms with Gasteiger partial charge in [0.2, 0.25) is 0 Å². The summed E-state index contributed by atoms with van der Waals surface area (Å²) < 4.78 is 11.9. The molecule has 1 saturated carbocycles. The Morgan fingerprint density at radius 3 is 2.57 bits per heavy atom. The van der Waals surface area contributed by atoms with Gasteiger partial charge in [0.15, 0.2) is 0 Å². The van der Waals surface area contributed by atoms with Crippen molar-refractivity contribution >= 4 is 0 Å². The highest BCUT2D eigenvalue weighted by molar-refractivity contribution is 5.41. The van der Waals surface area contributed by atoms with Crippen LogP contribution in [0, 0.1) is 6.92 Å². The molecule has 1 aliphatic carbocycles. The second kappa shape index (κ2) is 6.37. The van der Waals surface area contributed by atoms with Crippen molar-refractivity contribution in [1.29, 1.82) is 0 Å². The fourth-order valence-electron chi connectivity index (χ4n) is 2.97. The first-order valence-electron chi connectivity index (χ1n) is 7.90. The highest BCUT2D eigenvalue weighted by Gasteiger charge is 2.43. The van der Waals surface area contributed by atoms with Crippen LogP contribution < -0.4 is 10.1 Å². The summed E-state index contributed by atoms with van der Waals surface area (Å²) in [6.45, 7) is 11.9. The molecule has 3 heteroatoms. The normalized spacial score (nSPS) is 25.5. The summed E-state index contributed by atoms with van der Waals surface area (Å²) in [6, 6.07) is 6.86. The van der Waals surface area contributed by atoms with Gasteiger partial charge in [0.1, 0.15) is 18.0 Å². The zero-order chi connectivity index (χ0) is 15.6. The van der Waals surface area contributed by atoms with Crippen molar-refractivity contribution in [3.8, 4) is 5.75 Å². The van der Waals surface area contributed by atoms with E-state index in [9.17, 15) is 0 Å². The predicted molar refractivity (Wildman–Crippen MR) is 87.2 cm³/mol. The average molecular weight is 291 g/mol. The number of hydrogen-bond donors (Lipinski definition) is 1. The third kappa shape index (κ3) is 3.58. The van der Waals surface area contributed by atoms with Gasteiger partial charge in [-0.05, 0) is 30.5 Å². The zero-order valence-electron chi connectivity index (χ0n) is 14.2.